The molecule has 5 heteroatoms. The van der Waals surface area contributed by atoms with Gasteiger partial charge in [0.1, 0.15) is 0 Å². The molecular formula is C14H14BrClO2S. The topological polar surface area (TPSA) is 18.5 Å². The highest BCUT2D eigenvalue weighted by Gasteiger charge is 2.12. The van der Waals surface area contributed by atoms with Crippen LogP contribution in [0, 0.1) is 0 Å². The molecule has 0 amide bonds. The molecule has 0 aliphatic rings. The van der Waals surface area contributed by atoms with Crippen molar-refractivity contribution in [1.82, 2.24) is 0 Å². The van der Waals surface area contributed by atoms with E-state index in [0.717, 1.165) is 17.7 Å². The number of rotatable bonds is 6. The molecule has 0 radical (unpaired) electrons. The fraction of sp³-hybridized carbons (Fsp3) is 0.286. The number of halogens is 2. The lowest BCUT2D eigenvalue weighted by Gasteiger charge is -2.14. The molecule has 0 bridgehead atoms. The van der Waals surface area contributed by atoms with E-state index >= 15 is 0 Å². The van der Waals surface area contributed by atoms with Gasteiger partial charge < -0.3 is 9.47 Å². The lowest BCUT2D eigenvalue weighted by atomic mass is 10.2. The van der Waals surface area contributed by atoms with E-state index < -0.39 is 0 Å². The van der Waals surface area contributed by atoms with Crippen molar-refractivity contribution in [2.45, 2.75) is 11.8 Å². The molecule has 0 N–H and O–H groups in total. The highest BCUT2D eigenvalue weighted by atomic mass is 79.9. The fourth-order valence-corrected chi connectivity index (χ4v) is 3.08. The van der Waals surface area contributed by atoms with Crippen molar-refractivity contribution >= 4 is 38.9 Å². The zero-order chi connectivity index (χ0) is 13.7. The first-order valence-corrected chi connectivity index (χ1v) is 8.20. The van der Waals surface area contributed by atoms with Crippen molar-refractivity contribution in [2.24, 2.45) is 0 Å². The molecule has 1 heterocycles. The Bertz CT molecular complexity index is 503. The molecule has 102 valence electrons. The summed E-state index contributed by atoms with van der Waals surface area (Å²) in [5.41, 5.74) is 0.996. The van der Waals surface area contributed by atoms with Crippen LogP contribution in [0.4, 0.5) is 0 Å². The second kappa shape index (κ2) is 7.17. The van der Waals surface area contributed by atoms with E-state index in [0.29, 0.717) is 22.7 Å². The number of ether oxygens (including phenoxy) is 2. The van der Waals surface area contributed by atoms with Crippen molar-refractivity contribution in [1.29, 1.82) is 0 Å². The Morgan fingerprint density at radius 1 is 1.37 bits per heavy atom. The van der Waals surface area contributed by atoms with Crippen LogP contribution in [-0.2, 0) is 11.8 Å². The second-order valence-electron chi connectivity index (χ2n) is 3.91. The normalized spacial score (nSPS) is 10.5. The lowest BCUT2D eigenvalue weighted by molar-refractivity contribution is 0.296. The van der Waals surface area contributed by atoms with Gasteiger partial charge in [0, 0.05) is 33.3 Å². The van der Waals surface area contributed by atoms with E-state index in [9.17, 15) is 0 Å². The van der Waals surface area contributed by atoms with Crippen LogP contribution in [0.1, 0.15) is 10.4 Å². The van der Waals surface area contributed by atoms with Gasteiger partial charge in [-0.25, -0.2) is 0 Å². The van der Waals surface area contributed by atoms with Crippen LogP contribution in [0.3, 0.4) is 0 Å². The summed E-state index contributed by atoms with van der Waals surface area (Å²) in [6.45, 7) is 0.624. The third-order valence-electron chi connectivity index (χ3n) is 2.64. The second-order valence-corrected chi connectivity index (χ2v) is 5.94. The van der Waals surface area contributed by atoms with Crippen molar-refractivity contribution in [3.63, 3.8) is 0 Å². The minimum atomic E-state index is 0.624. The van der Waals surface area contributed by atoms with Gasteiger partial charge >= 0.3 is 0 Å². The molecule has 0 unspecified atom stereocenters. The number of alkyl halides is 1. The van der Waals surface area contributed by atoms with Gasteiger partial charge in [0.15, 0.2) is 11.5 Å². The molecule has 0 atom stereocenters. The zero-order valence-corrected chi connectivity index (χ0v) is 13.6. The van der Waals surface area contributed by atoms with Crippen molar-refractivity contribution in [2.75, 3.05) is 13.7 Å². The number of hydrogen-bond donors (Lipinski definition) is 0. The summed E-state index contributed by atoms with van der Waals surface area (Å²) in [5, 5.41) is 3.40. The Morgan fingerprint density at radius 2 is 2.21 bits per heavy atom. The minimum absolute atomic E-state index is 0.624. The van der Waals surface area contributed by atoms with Gasteiger partial charge in [-0.1, -0.05) is 33.6 Å². The van der Waals surface area contributed by atoms with Crippen molar-refractivity contribution < 1.29 is 9.47 Å². The zero-order valence-electron chi connectivity index (χ0n) is 10.5. The SMILES string of the molecule is COc1cc(Cl)cc(CBr)c1OCCc1cccs1. The molecule has 2 nitrogen and oxygen atoms in total. The summed E-state index contributed by atoms with van der Waals surface area (Å²) in [5.74, 6) is 1.44. The van der Waals surface area contributed by atoms with E-state index in [1.807, 2.05) is 12.1 Å². The molecule has 0 aliphatic carbocycles. The summed E-state index contributed by atoms with van der Waals surface area (Å²) in [6.07, 6.45) is 0.894. The minimum Gasteiger partial charge on any atom is -0.493 e. The number of methoxy groups -OCH3 is 1. The van der Waals surface area contributed by atoms with E-state index in [-0.39, 0.29) is 0 Å². The smallest absolute Gasteiger partial charge is 0.165 e. The first kappa shape index (κ1) is 14.7. The molecule has 0 saturated carbocycles. The molecule has 2 rings (SSSR count). The molecule has 1 aromatic heterocycles. The fourth-order valence-electron chi connectivity index (χ4n) is 1.75. The average Bonchev–Trinajstić information content (AvgIpc) is 2.92. The third kappa shape index (κ3) is 3.88. The standard InChI is InChI=1S/C14H14BrClO2S/c1-17-13-8-11(16)7-10(9-15)14(13)18-5-4-12-3-2-6-19-12/h2-3,6-8H,4-5,9H2,1H3. The molecule has 1 aromatic carbocycles. The lowest BCUT2D eigenvalue weighted by Crippen LogP contribution is -2.04. The largest absolute Gasteiger partial charge is 0.493 e. The number of thiophene rings is 1. The monoisotopic (exact) mass is 360 g/mol. The molecule has 0 fully saturated rings. The maximum absolute atomic E-state index is 6.04. The van der Waals surface area contributed by atoms with Crippen LogP contribution in [0.5, 0.6) is 11.5 Å². The van der Waals surface area contributed by atoms with E-state index in [1.54, 1.807) is 24.5 Å². The first-order valence-electron chi connectivity index (χ1n) is 5.82. The Hall–Kier alpha value is -0.710. The third-order valence-corrected chi connectivity index (χ3v) is 4.39. The maximum Gasteiger partial charge on any atom is 0.165 e. The molecule has 0 spiro atoms. The predicted octanol–water partition coefficient (Wildman–Crippen LogP) is 4.93. The van der Waals surface area contributed by atoms with Gasteiger partial charge in [0.05, 0.1) is 13.7 Å². The summed E-state index contributed by atoms with van der Waals surface area (Å²) < 4.78 is 11.2. The van der Waals surface area contributed by atoms with Crippen molar-refractivity contribution in [3.8, 4) is 11.5 Å². The quantitative estimate of drug-likeness (QED) is 0.679. The maximum atomic E-state index is 6.04. The first-order chi connectivity index (χ1) is 9.24. The van der Waals surface area contributed by atoms with Crippen LogP contribution in [0.2, 0.25) is 5.02 Å². The molecule has 0 aliphatic heterocycles. The van der Waals surface area contributed by atoms with Crippen LogP contribution in [-0.4, -0.2) is 13.7 Å². The van der Waals surface area contributed by atoms with Gasteiger partial charge in [-0.05, 0) is 17.5 Å². The van der Waals surface area contributed by atoms with Gasteiger partial charge in [-0.2, -0.15) is 0 Å². The van der Waals surface area contributed by atoms with E-state index in [2.05, 4.69) is 27.4 Å². The van der Waals surface area contributed by atoms with Crippen LogP contribution in [0.15, 0.2) is 29.6 Å². The van der Waals surface area contributed by atoms with Gasteiger partial charge in [-0.15, -0.1) is 11.3 Å². The van der Waals surface area contributed by atoms with Crippen LogP contribution >= 0.6 is 38.9 Å². The summed E-state index contributed by atoms with van der Waals surface area (Å²) in [6, 6.07) is 7.82. The Balaban J connectivity index is 2.09. The molecule has 0 saturated heterocycles. The molecule has 2 aromatic rings. The Morgan fingerprint density at radius 3 is 2.84 bits per heavy atom. The van der Waals surface area contributed by atoms with E-state index in [4.69, 9.17) is 21.1 Å². The summed E-state index contributed by atoms with van der Waals surface area (Å²) >= 11 is 11.2. The van der Waals surface area contributed by atoms with Gasteiger partial charge in [0.25, 0.3) is 0 Å². The molecular weight excluding hydrogens is 348 g/mol. The van der Waals surface area contributed by atoms with Crippen molar-refractivity contribution in [3.05, 3.63) is 45.1 Å². The Labute approximate surface area is 130 Å². The van der Waals surface area contributed by atoms with Gasteiger partial charge in [0.2, 0.25) is 0 Å². The van der Waals surface area contributed by atoms with Crippen LogP contribution < -0.4 is 9.47 Å². The Kier molecular flexibility index (Phi) is 5.55. The molecule has 19 heavy (non-hydrogen) atoms. The van der Waals surface area contributed by atoms with Crippen LogP contribution in [0.25, 0.3) is 0 Å². The average molecular weight is 362 g/mol. The highest BCUT2D eigenvalue weighted by Crippen LogP contribution is 2.36. The van der Waals surface area contributed by atoms with E-state index in [1.165, 1.54) is 4.88 Å². The highest BCUT2D eigenvalue weighted by molar-refractivity contribution is 9.08. The number of hydrogen-bond acceptors (Lipinski definition) is 3. The predicted molar refractivity (Wildman–Crippen MR) is 84.2 cm³/mol. The number of benzene rings is 1. The summed E-state index contributed by atoms with van der Waals surface area (Å²) in [7, 11) is 1.62. The summed E-state index contributed by atoms with van der Waals surface area (Å²) in [4.78, 5) is 1.31. The van der Waals surface area contributed by atoms with Gasteiger partial charge in [-0.3, -0.25) is 0 Å².